The first-order valence-corrected chi connectivity index (χ1v) is 8.23. The van der Waals surface area contributed by atoms with Gasteiger partial charge in [-0.15, -0.1) is 0 Å². The average Bonchev–Trinajstić information content (AvgIpc) is 3.18. The molecular weight excluding hydrogens is 298 g/mol. The fourth-order valence-corrected chi connectivity index (χ4v) is 3.62. The topological polar surface area (TPSA) is 57.6 Å². The van der Waals surface area contributed by atoms with Crippen molar-refractivity contribution in [3.05, 3.63) is 57.8 Å². The smallest absolute Gasteiger partial charge is 0.335 e. The molecule has 0 aliphatic carbocycles. The Hall–Kier alpha value is -2.14. The Morgan fingerprint density at radius 2 is 2.00 bits per heavy atom. The summed E-state index contributed by atoms with van der Waals surface area (Å²) in [5.41, 5.74) is 2.32. The standard InChI is InChI=1S/C17H17NO3S/c19-16(10-12-3-5-13(6-4-12)17(20)21)18-8-1-2-15(18)14-7-9-22-11-14/h3-7,9,11,15H,1-2,8,10H2,(H,20,21). The van der Waals surface area contributed by atoms with E-state index >= 15 is 0 Å². The molecule has 1 atom stereocenters. The minimum atomic E-state index is -0.949. The number of hydrogen-bond donors (Lipinski definition) is 1. The number of rotatable bonds is 4. The summed E-state index contributed by atoms with van der Waals surface area (Å²) < 4.78 is 0. The fraction of sp³-hybridized carbons (Fsp3) is 0.294. The third kappa shape index (κ3) is 3.04. The summed E-state index contributed by atoms with van der Waals surface area (Å²) >= 11 is 1.65. The van der Waals surface area contributed by atoms with Gasteiger partial charge in [-0.2, -0.15) is 11.3 Å². The average molecular weight is 315 g/mol. The molecule has 0 spiro atoms. The molecule has 0 radical (unpaired) electrons. The van der Waals surface area contributed by atoms with E-state index in [9.17, 15) is 9.59 Å². The van der Waals surface area contributed by atoms with Crippen LogP contribution in [0.1, 0.15) is 40.4 Å². The summed E-state index contributed by atoms with van der Waals surface area (Å²) in [7, 11) is 0. The largest absolute Gasteiger partial charge is 0.478 e. The molecule has 1 unspecified atom stereocenters. The summed E-state index contributed by atoms with van der Waals surface area (Å²) in [5, 5.41) is 13.0. The van der Waals surface area contributed by atoms with Crippen molar-refractivity contribution in [2.45, 2.75) is 25.3 Å². The maximum atomic E-state index is 12.6. The van der Waals surface area contributed by atoms with Crippen LogP contribution in [0, 0.1) is 0 Å². The van der Waals surface area contributed by atoms with Crippen LogP contribution < -0.4 is 0 Å². The molecule has 1 N–H and O–H groups in total. The number of nitrogens with zero attached hydrogens (tertiary/aromatic N) is 1. The number of carbonyl (C=O) groups is 2. The first kappa shape index (κ1) is 14.8. The first-order valence-electron chi connectivity index (χ1n) is 7.29. The Morgan fingerprint density at radius 1 is 1.23 bits per heavy atom. The Bertz CT molecular complexity index is 664. The van der Waals surface area contributed by atoms with Crippen LogP contribution in [-0.2, 0) is 11.2 Å². The molecule has 5 heteroatoms. The number of carbonyl (C=O) groups excluding carboxylic acids is 1. The molecule has 0 bridgehead atoms. The van der Waals surface area contributed by atoms with Crippen LogP contribution >= 0.6 is 11.3 Å². The zero-order valence-electron chi connectivity index (χ0n) is 12.1. The lowest BCUT2D eigenvalue weighted by Gasteiger charge is -2.24. The molecule has 22 heavy (non-hydrogen) atoms. The summed E-state index contributed by atoms with van der Waals surface area (Å²) in [4.78, 5) is 25.3. The van der Waals surface area contributed by atoms with Crippen LogP contribution in [0.5, 0.6) is 0 Å². The predicted molar refractivity (Wildman–Crippen MR) is 85.1 cm³/mol. The fourth-order valence-electron chi connectivity index (χ4n) is 2.92. The minimum absolute atomic E-state index is 0.108. The summed E-state index contributed by atoms with van der Waals surface area (Å²) in [5.74, 6) is -0.841. The molecule has 1 aliphatic heterocycles. The van der Waals surface area contributed by atoms with E-state index in [4.69, 9.17) is 5.11 Å². The van der Waals surface area contributed by atoms with Crippen molar-refractivity contribution in [2.24, 2.45) is 0 Å². The normalized spacial score (nSPS) is 17.6. The van der Waals surface area contributed by atoms with Crippen LogP contribution in [0.25, 0.3) is 0 Å². The molecule has 1 aliphatic rings. The highest BCUT2D eigenvalue weighted by atomic mass is 32.1. The third-order valence-corrected chi connectivity index (χ3v) is 4.76. The molecule has 1 aromatic heterocycles. The van der Waals surface area contributed by atoms with E-state index in [1.165, 1.54) is 5.56 Å². The van der Waals surface area contributed by atoms with E-state index in [-0.39, 0.29) is 17.5 Å². The van der Waals surface area contributed by atoms with Crippen molar-refractivity contribution >= 4 is 23.2 Å². The molecular formula is C17H17NO3S. The predicted octanol–water partition coefficient (Wildman–Crippen LogP) is 3.35. The number of amides is 1. The molecule has 1 saturated heterocycles. The third-order valence-electron chi connectivity index (χ3n) is 4.06. The quantitative estimate of drug-likeness (QED) is 0.941. The zero-order valence-corrected chi connectivity index (χ0v) is 12.9. The van der Waals surface area contributed by atoms with Gasteiger partial charge in [0.05, 0.1) is 18.0 Å². The summed E-state index contributed by atoms with van der Waals surface area (Å²) in [6.07, 6.45) is 2.37. The van der Waals surface area contributed by atoms with Gasteiger partial charge in [0.15, 0.2) is 0 Å². The van der Waals surface area contributed by atoms with Crippen molar-refractivity contribution < 1.29 is 14.7 Å². The highest BCUT2D eigenvalue weighted by molar-refractivity contribution is 7.07. The Kier molecular flexibility index (Phi) is 4.24. The second kappa shape index (κ2) is 6.32. The monoisotopic (exact) mass is 315 g/mol. The van der Waals surface area contributed by atoms with E-state index in [1.807, 2.05) is 10.3 Å². The minimum Gasteiger partial charge on any atom is -0.478 e. The molecule has 3 rings (SSSR count). The van der Waals surface area contributed by atoms with Gasteiger partial charge >= 0.3 is 5.97 Å². The van der Waals surface area contributed by atoms with Gasteiger partial charge in [-0.1, -0.05) is 12.1 Å². The van der Waals surface area contributed by atoms with Crippen LogP contribution in [0.15, 0.2) is 41.1 Å². The molecule has 1 amide bonds. The molecule has 114 valence electrons. The van der Waals surface area contributed by atoms with Crippen LogP contribution in [0.4, 0.5) is 0 Å². The van der Waals surface area contributed by atoms with Crippen molar-refractivity contribution in [2.75, 3.05) is 6.54 Å². The van der Waals surface area contributed by atoms with Gasteiger partial charge in [0, 0.05) is 6.54 Å². The van der Waals surface area contributed by atoms with Crippen LogP contribution in [0.3, 0.4) is 0 Å². The van der Waals surface area contributed by atoms with Crippen molar-refractivity contribution in [1.29, 1.82) is 0 Å². The number of benzene rings is 1. The highest BCUT2D eigenvalue weighted by Crippen LogP contribution is 2.33. The first-order chi connectivity index (χ1) is 10.6. The van der Waals surface area contributed by atoms with E-state index < -0.39 is 5.97 Å². The lowest BCUT2D eigenvalue weighted by atomic mass is 10.1. The number of carboxylic acid groups (broad SMARTS) is 1. The molecule has 2 heterocycles. The lowest BCUT2D eigenvalue weighted by molar-refractivity contribution is -0.131. The Morgan fingerprint density at radius 3 is 2.64 bits per heavy atom. The van der Waals surface area contributed by atoms with Gasteiger partial charge in [0.1, 0.15) is 0 Å². The van der Waals surface area contributed by atoms with Gasteiger partial charge < -0.3 is 10.0 Å². The Labute approximate surface area is 133 Å². The van der Waals surface area contributed by atoms with Crippen LogP contribution in [0.2, 0.25) is 0 Å². The highest BCUT2D eigenvalue weighted by Gasteiger charge is 2.29. The van der Waals surface area contributed by atoms with E-state index in [0.717, 1.165) is 24.9 Å². The van der Waals surface area contributed by atoms with Gasteiger partial charge in [-0.3, -0.25) is 4.79 Å². The number of carboxylic acids is 1. The number of aromatic carboxylic acids is 1. The van der Waals surface area contributed by atoms with E-state index in [2.05, 4.69) is 11.4 Å². The molecule has 0 saturated carbocycles. The maximum Gasteiger partial charge on any atom is 0.335 e. The number of likely N-dealkylation sites (tertiary alicyclic amines) is 1. The maximum absolute atomic E-state index is 12.6. The summed E-state index contributed by atoms with van der Waals surface area (Å²) in [6.45, 7) is 0.798. The molecule has 2 aromatic rings. The Balaban J connectivity index is 1.69. The van der Waals surface area contributed by atoms with Crippen LogP contribution in [-0.4, -0.2) is 28.4 Å². The molecule has 4 nitrogen and oxygen atoms in total. The number of hydrogen-bond acceptors (Lipinski definition) is 3. The van der Waals surface area contributed by atoms with Crippen molar-refractivity contribution in [1.82, 2.24) is 4.90 Å². The van der Waals surface area contributed by atoms with Crippen molar-refractivity contribution in [3.63, 3.8) is 0 Å². The van der Waals surface area contributed by atoms with Crippen molar-refractivity contribution in [3.8, 4) is 0 Å². The zero-order chi connectivity index (χ0) is 15.5. The van der Waals surface area contributed by atoms with Gasteiger partial charge in [-0.25, -0.2) is 4.79 Å². The van der Waals surface area contributed by atoms with Gasteiger partial charge in [-0.05, 0) is 52.9 Å². The molecule has 1 fully saturated rings. The lowest BCUT2D eigenvalue weighted by Crippen LogP contribution is -2.31. The second-order valence-electron chi connectivity index (χ2n) is 5.48. The molecule has 1 aromatic carbocycles. The number of thiophene rings is 1. The second-order valence-corrected chi connectivity index (χ2v) is 6.26. The van der Waals surface area contributed by atoms with Gasteiger partial charge in [0.25, 0.3) is 0 Å². The van der Waals surface area contributed by atoms with Gasteiger partial charge in [0.2, 0.25) is 5.91 Å². The SMILES string of the molecule is O=C(O)c1ccc(CC(=O)N2CCCC2c2ccsc2)cc1. The van der Waals surface area contributed by atoms with E-state index in [0.29, 0.717) is 6.42 Å². The van der Waals surface area contributed by atoms with E-state index in [1.54, 1.807) is 35.6 Å². The summed E-state index contributed by atoms with van der Waals surface area (Å²) in [6, 6.07) is 8.81.